The fraction of sp³-hybridized carbons (Fsp3) is 0.917. The molecule has 1 unspecified atom stereocenters. The summed E-state index contributed by atoms with van der Waals surface area (Å²) in [6.07, 6.45) is -0.383. The second-order valence-electron chi connectivity index (χ2n) is 5.44. The summed E-state index contributed by atoms with van der Waals surface area (Å²) >= 11 is 0. The standard InChI is InChI=1S/C12H28N4O2/c1-11(8-13(2)3)18-12(17)16(9-14(4)5)10-15(6)7/h11H,8-10H2,1-7H3. The summed E-state index contributed by atoms with van der Waals surface area (Å²) in [5, 5.41) is 0. The van der Waals surface area contributed by atoms with E-state index >= 15 is 0 Å². The number of ether oxygens (including phenoxy) is 1. The van der Waals surface area contributed by atoms with Gasteiger partial charge in [0.05, 0.1) is 13.3 Å². The molecule has 0 N–H and O–H groups in total. The molecule has 0 heterocycles. The second-order valence-corrected chi connectivity index (χ2v) is 5.44. The van der Waals surface area contributed by atoms with Gasteiger partial charge in [0.15, 0.2) is 0 Å². The molecule has 6 nitrogen and oxygen atoms in total. The molecule has 0 fully saturated rings. The number of likely N-dealkylation sites (N-methyl/N-ethyl adjacent to an activating group) is 1. The Hall–Kier alpha value is -0.850. The highest BCUT2D eigenvalue weighted by atomic mass is 16.6. The average Bonchev–Trinajstić information content (AvgIpc) is 2.13. The zero-order valence-electron chi connectivity index (χ0n) is 12.8. The molecule has 0 saturated heterocycles. The molecule has 1 amide bonds. The minimum Gasteiger partial charge on any atom is -0.445 e. The molecule has 0 aromatic carbocycles. The lowest BCUT2D eigenvalue weighted by Crippen LogP contribution is -2.45. The van der Waals surface area contributed by atoms with E-state index in [1.54, 1.807) is 4.90 Å². The molecule has 0 aliphatic heterocycles. The molecule has 0 aliphatic carbocycles. The summed E-state index contributed by atoms with van der Waals surface area (Å²) in [5.74, 6) is 0. The maximum Gasteiger partial charge on any atom is 0.412 e. The van der Waals surface area contributed by atoms with Gasteiger partial charge in [-0.25, -0.2) is 4.79 Å². The fourth-order valence-corrected chi connectivity index (χ4v) is 1.64. The van der Waals surface area contributed by atoms with E-state index in [9.17, 15) is 4.79 Å². The molecule has 0 aliphatic rings. The fourth-order valence-electron chi connectivity index (χ4n) is 1.64. The summed E-state index contributed by atoms with van der Waals surface area (Å²) in [5.41, 5.74) is 0. The average molecular weight is 260 g/mol. The molecule has 18 heavy (non-hydrogen) atoms. The van der Waals surface area contributed by atoms with E-state index < -0.39 is 0 Å². The SMILES string of the molecule is CC(CN(C)C)OC(=O)N(CN(C)C)CN(C)C. The molecular weight excluding hydrogens is 232 g/mol. The van der Waals surface area contributed by atoms with Crippen LogP contribution in [-0.2, 0) is 4.74 Å². The van der Waals surface area contributed by atoms with Crippen molar-refractivity contribution in [3.63, 3.8) is 0 Å². The van der Waals surface area contributed by atoms with Crippen LogP contribution in [0.4, 0.5) is 4.79 Å². The lowest BCUT2D eigenvalue weighted by atomic mass is 10.4. The van der Waals surface area contributed by atoms with E-state index in [2.05, 4.69) is 0 Å². The quantitative estimate of drug-likeness (QED) is 0.620. The van der Waals surface area contributed by atoms with Crippen LogP contribution in [-0.4, -0.2) is 94.0 Å². The minimum absolute atomic E-state index is 0.112. The van der Waals surface area contributed by atoms with Gasteiger partial charge in [-0.15, -0.1) is 0 Å². The predicted octanol–water partition coefficient (Wildman–Crippen LogP) is 0.413. The van der Waals surface area contributed by atoms with Crippen LogP contribution < -0.4 is 0 Å². The van der Waals surface area contributed by atoms with Gasteiger partial charge in [0.1, 0.15) is 6.10 Å². The Morgan fingerprint density at radius 2 is 1.39 bits per heavy atom. The van der Waals surface area contributed by atoms with Crippen molar-refractivity contribution in [2.24, 2.45) is 0 Å². The Labute approximate surface area is 111 Å². The molecule has 0 radical (unpaired) electrons. The van der Waals surface area contributed by atoms with Gasteiger partial charge < -0.3 is 9.64 Å². The first-order valence-electron chi connectivity index (χ1n) is 6.12. The predicted molar refractivity (Wildman–Crippen MR) is 73.4 cm³/mol. The molecular formula is C12H28N4O2. The third kappa shape index (κ3) is 8.27. The number of rotatable bonds is 7. The molecule has 6 heteroatoms. The van der Waals surface area contributed by atoms with Crippen LogP contribution >= 0.6 is 0 Å². The normalized spacial score (nSPS) is 13.2. The maximum absolute atomic E-state index is 12.0. The van der Waals surface area contributed by atoms with Gasteiger partial charge in [-0.1, -0.05) is 0 Å². The summed E-state index contributed by atoms with van der Waals surface area (Å²) in [6.45, 7) is 3.72. The van der Waals surface area contributed by atoms with Gasteiger partial charge in [-0.2, -0.15) is 0 Å². The lowest BCUT2D eigenvalue weighted by molar-refractivity contribution is 0.0347. The first kappa shape index (κ1) is 17.2. The van der Waals surface area contributed by atoms with E-state index in [-0.39, 0.29) is 12.2 Å². The van der Waals surface area contributed by atoms with Crippen LogP contribution in [0, 0.1) is 0 Å². The Morgan fingerprint density at radius 3 is 1.72 bits per heavy atom. The van der Waals surface area contributed by atoms with Crippen molar-refractivity contribution in [2.45, 2.75) is 13.0 Å². The van der Waals surface area contributed by atoms with Gasteiger partial charge >= 0.3 is 6.09 Å². The highest BCUT2D eigenvalue weighted by molar-refractivity contribution is 5.67. The Bertz CT molecular complexity index is 234. The summed E-state index contributed by atoms with van der Waals surface area (Å²) in [4.78, 5) is 19.6. The summed E-state index contributed by atoms with van der Waals surface area (Å²) in [7, 11) is 11.6. The first-order chi connectivity index (χ1) is 8.22. The Balaban J connectivity index is 4.36. The first-order valence-corrected chi connectivity index (χ1v) is 6.12. The van der Waals surface area contributed by atoms with Crippen molar-refractivity contribution in [2.75, 3.05) is 62.2 Å². The molecule has 0 aromatic rings. The number of carbonyl (C=O) groups is 1. The molecule has 0 saturated carbocycles. The summed E-state index contributed by atoms with van der Waals surface area (Å²) in [6, 6.07) is 0. The van der Waals surface area contributed by atoms with Gasteiger partial charge in [-0.3, -0.25) is 14.7 Å². The topological polar surface area (TPSA) is 39.3 Å². The van der Waals surface area contributed by atoms with Crippen molar-refractivity contribution in [3.05, 3.63) is 0 Å². The third-order valence-corrected chi connectivity index (χ3v) is 2.09. The van der Waals surface area contributed by atoms with Gasteiger partial charge in [0, 0.05) is 6.54 Å². The van der Waals surface area contributed by atoms with Crippen LogP contribution in [0.3, 0.4) is 0 Å². The van der Waals surface area contributed by atoms with Crippen LogP contribution in [0.1, 0.15) is 6.92 Å². The highest BCUT2D eigenvalue weighted by Crippen LogP contribution is 2.01. The van der Waals surface area contributed by atoms with Crippen LogP contribution in [0.5, 0.6) is 0 Å². The van der Waals surface area contributed by atoms with Crippen LogP contribution in [0.2, 0.25) is 0 Å². The molecule has 0 aromatic heterocycles. The van der Waals surface area contributed by atoms with Crippen molar-refractivity contribution < 1.29 is 9.53 Å². The van der Waals surface area contributed by atoms with Crippen molar-refractivity contribution in [3.8, 4) is 0 Å². The molecule has 1 atom stereocenters. The van der Waals surface area contributed by atoms with E-state index in [1.165, 1.54) is 0 Å². The van der Waals surface area contributed by atoms with Crippen molar-refractivity contribution in [1.82, 2.24) is 19.6 Å². The van der Waals surface area contributed by atoms with E-state index in [0.717, 1.165) is 6.54 Å². The molecule has 0 bridgehead atoms. The summed E-state index contributed by atoms with van der Waals surface area (Å²) < 4.78 is 5.42. The minimum atomic E-state index is -0.272. The van der Waals surface area contributed by atoms with Gasteiger partial charge in [0.25, 0.3) is 0 Å². The third-order valence-electron chi connectivity index (χ3n) is 2.09. The second kappa shape index (κ2) is 8.29. The monoisotopic (exact) mass is 260 g/mol. The number of nitrogens with zero attached hydrogens (tertiary/aromatic N) is 4. The number of carbonyl (C=O) groups excluding carboxylic acids is 1. The van der Waals surface area contributed by atoms with E-state index in [1.807, 2.05) is 63.9 Å². The number of hydrogen-bond acceptors (Lipinski definition) is 5. The Morgan fingerprint density at radius 1 is 0.944 bits per heavy atom. The zero-order chi connectivity index (χ0) is 14.3. The smallest absolute Gasteiger partial charge is 0.412 e. The van der Waals surface area contributed by atoms with Crippen molar-refractivity contribution in [1.29, 1.82) is 0 Å². The van der Waals surface area contributed by atoms with Crippen LogP contribution in [0.15, 0.2) is 0 Å². The lowest BCUT2D eigenvalue weighted by Gasteiger charge is -2.29. The van der Waals surface area contributed by atoms with Gasteiger partial charge in [-0.05, 0) is 49.2 Å². The number of amides is 1. The van der Waals surface area contributed by atoms with Crippen molar-refractivity contribution >= 4 is 6.09 Å². The molecule has 0 spiro atoms. The van der Waals surface area contributed by atoms with E-state index in [4.69, 9.17) is 4.74 Å². The highest BCUT2D eigenvalue weighted by Gasteiger charge is 2.19. The molecule has 0 rings (SSSR count). The number of hydrogen-bond donors (Lipinski definition) is 0. The van der Waals surface area contributed by atoms with Crippen LogP contribution in [0.25, 0.3) is 0 Å². The Kier molecular flexibility index (Phi) is 7.90. The zero-order valence-corrected chi connectivity index (χ0v) is 12.8. The van der Waals surface area contributed by atoms with E-state index in [0.29, 0.717) is 13.3 Å². The largest absolute Gasteiger partial charge is 0.445 e. The van der Waals surface area contributed by atoms with Gasteiger partial charge in [0.2, 0.25) is 0 Å². The molecule has 108 valence electrons. The maximum atomic E-state index is 12.0.